The van der Waals surface area contributed by atoms with Crippen LogP contribution in [0.2, 0.25) is 0 Å². The normalized spacial score (nSPS) is 10.2. The third-order valence-electron chi connectivity index (χ3n) is 2.78. The molecule has 0 saturated heterocycles. The second-order valence-corrected chi connectivity index (χ2v) is 4.05. The Morgan fingerprint density at radius 2 is 1.83 bits per heavy atom. The van der Waals surface area contributed by atoms with Gasteiger partial charge in [-0.05, 0) is 26.0 Å². The molecule has 2 rings (SSSR count). The Balaban J connectivity index is 2.13. The Morgan fingerprint density at radius 1 is 1.11 bits per heavy atom. The van der Waals surface area contributed by atoms with E-state index in [0.29, 0.717) is 12.4 Å². The smallest absolute Gasteiger partial charge is 0.168 e. The summed E-state index contributed by atoms with van der Waals surface area (Å²) in [4.78, 5) is 8.84. The van der Waals surface area contributed by atoms with Crippen LogP contribution in [0.5, 0.6) is 5.75 Å². The number of para-hydroxylation sites is 1. The average Bonchev–Trinajstić information content (AvgIpc) is 2.41. The first-order valence-electron chi connectivity index (χ1n) is 5.90. The molecule has 18 heavy (non-hydrogen) atoms. The molecule has 94 valence electrons. The van der Waals surface area contributed by atoms with Gasteiger partial charge in [0, 0.05) is 18.3 Å². The summed E-state index contributed by atoms with van der Waals surface area (Å²) >= 11 is 0. The first-order chi connectivity index (χ1) is 8.70. The van der Waals surface area contributed by atoms with Crippen molar-refractivity contribution in [2.24, 2.45) is 0 Å². The Labute approximate surface area is 107 Å². The SMILES string of the molecule is CNc1nc(COc2ccccc2)nc(C)c1C. The van der Waals surface area contributed by atoms with Gasteiger partial charge in [-0.3, -0.25) is 0 Å². The molecule has 0 saturated carbocycles. The number of nitrogens with one attached hydrogen (secondary N) is 1. The maximum Gasteiger partial charge on any atom is 0.168 e. The van der Waals surface area contributed by atoms with E-state index in [1.165, 1.54) is 0 Å². The van der Waals surface area contributed by atoms with Gasteiger partial charge in [0.05, 0.1) is 0 Å². The van der Waals surface area contributed by atoms with Crippen molar-refractivity contribution in [3.63, 3.8) is 0 Å². The molecule has 4 nitrogen and oxygen atoms in total. The zero-order valence-corrected chi connectivity index (χ0v) is 10.9. The van der Waals surface area contributed by atoms with E-state index < -0.39 is 0 Å². The number of nitrogens with zero attached hydrogens (tertiary/aromatic N) is 2. The van der Waals surface area contributed by atoms with E-state index in [2.05, 4.69) is 15.3 Å². The Hall–Kier alpha value is -2.10. The Morgan fingerprint density at radius 3 is 2.50 bits per heavy atom. The first kappa shape index (κ1) is 12.4. The quantitative estimate of drug-likeness (QED) is 0.897. The second-order valence-electron chi connectivity index (χ2n) is 4.05. The molecule has 0 amide bonds. The lowest BCUT2D eigenvalue weighted by Gasteiger charge is -2.10. The van der Waals surface area contributed by atoms with E-state index in [9.17, 15) is 0 Å². The lowest BCUT2D eigenvalue weighted by atomic mass is 10.2. The number of rotatable bonds is 4. The van der Waals surface area contributed by atoms with Crippen molar-refractivity contribution in [3.05, 3.63) is 47.4 Å². The minimum atomic E-state index is 0.375. The molecule has 0 aliphatic carbocycles. The number of benzene rings is 1. The minimum absolute atomic E-state index is 0.375. The fourth-order valence-electron chi connectivity index (χ4n) is 1.66. The van der Waals surface area contributed by atoms with Gasteiger partial charge in [-0.25, -0.2) is 9.97 Å². The first-order valence-corrected chi connectivity index (χ1v) is 5.90. The molecular weight excluding hydrogens is 226 g/mol. The van der Waals surface area contributed by atoms with Gasteiger partial charge < -0.3 is 10.1 Å². The van der Waals surface area contributed by atoms with Gasteiger partial charge in [0.1, 0.15) is 18.2 Å². The number of aryl methyl sites for hydroxylation is 1. The summed E-state index contributed by atoms with van der Waals surface area (Å²) in [7, 11) is 1.86. The lowest BCUT2D eigenvalue weighted by molar-refractivity contribution is 0.295. The van der Waals surface area contributed by atoms with Gasteiger partial charge >= 0.3 is 0 Å². The molecule has 0 spiro atoms. The molecule has 1 N–H and O–H groups in total. The largest absolute Gasteiger partial charge is 0.486 e. The van der Waals surface area contributed by atoms with Crippen LogP contribution in [0.4, 0.5) is 5.82 Å². The fourth-order valence-corrected chi connectivity index (χ4v) is 1.66. The van der Waals surface area contributed by atoms with E-state index in [4.69, 9.17) is 4.74 Å². The predicted molar refractivity (Wildman–Crippen MR) is 71.8 cm³/mol. The van der Waals surface area contributed by atoms with Crippen molar-refractivity contribution in [1.29, 1.82) is 0 Å². The molecule has 0 radical (unpaired) electrons. The summed E-state index contributed by atoms with van der Waals surface area (Å²) in [5.74, 6) is 2.37. The van der Waals surface area contributed by atoms with Gasteiger partial charge in [0.2, 0.25) is 0 Å². The summed E-state index contributed by atoms with van der Waals surface area (Å²) in [6, 6.07) is 9.67. The minimum Gasteiger partial charge on any atom is -0.486 e. The summed E-state index contributed by atoms with van der Waals surface area (Å²) in [5.41, 5.74) is 2.04. The van der Waals surface area contributed by atoms with E-state index in [1.807, 2.05) is 51.2 Å². The van der Waals surface area contributed by atoms with Gasteiger partial charge in [-0.2, -0.15) is 0 Å². The monoisotopic (exact) mass is 243 g/mol. The molecule has 0 aliphatic heterocycles. The number of ether oxygens (including phenoxy) is 1. The van der Waals surface area contributed by atoms with E-state index in [1.54, 1.807) is 0 Å². The van der Waals surface area contributed by atoms with E-state index >= 15 is 0 Å². The molecule has 2 aromatic rings. The van der Waals surface area contributed by atoms with Crippen LogP contribution in [0.25, 0.3) is 0 Å². The summed E-state index contributed by atoms with van der Waals surface area (Å²) < 4.78 is 5.63. The van der Waals surface area contributed by atoms with Gasteiger partial charge in [0.25, 0.3) is 0 Å². The van der Waals surface area contributed by atoms with E-state index in [0.717, 1.165) is 22.8 Å². The highest BCUT2D eigenvalue weighted by atomic mass is 16.5. The van der Waals surface area contributed by atoms with E-state index in [-0.39, 0.29) is 0 Å². The molecule has 1 aromatic carbocycles. The standard InChI is InChI=1S/C14H17N3O/c1-10-11(2)16-13(17-14(10)15-3)9-18-12-7-5-4-6-8-12/h4-8H,9H2,1-3H3,(H,15,16,17). The highest BCUT2D eigenvalue weighted by Crippen LogP contribution is 2.15. The average molecular weight is 243 g/mol. The van der Waals surface area contributed by atoms with Crippen molar-refractivity contribution in [3.8, 4) is 5.75 Å². The lowest BCUT2D eigenvalue weighted by Crippen LogP contribution is -2.07. The zero-order valence-electron chi connectivity index (χ0n) is 10.9. The second kappa shape index (κ2) is 5.49. The van der Waals surface area contributed by atoms with Gasteiger partial charge in [0.15, 0.2) is 5.82 Å². The predicted octanol–water partition coefficient (Wildman–Crippen LogP) is 2.71. The maximum atomic E-state index is 5.63. The number of anilines is 1. The molecular formula is C14H17N3O. The molecule has 0 unspecified atom stereocenters. The van der Waals surface area contributed by atoms with Gasteiger partial charge in [-0.15, -0.1) is 0 Å². The highest BCUT2D eigenvalue weighted by Gasteiger charge is 2.07. The summed E-state index contributed by atoms with van der Waals surface area (Å²) in [6.07, 6.45) is 0. The topological polar surface area (TPSA) is 47.0 Å². The molecule has 0 fully saturated rings. The summed E-state index contributed by atoms with van der Waals surface area (Å²) in [5, 5.41) is 3.07. The molecule has 1 aromatic heterocycles. The molecule has 1 heterocycles. The van der Waals surface area contributed by atoms with Crippen LogP contribution < -0.4 is 10.1 Å². The number of hydrogen-bond acceptors (Lipinski definition) is 4. The van der Waals surface area contributed by atoms with Crippen molar-refractivity contribution in [1.82, 2.24) is 9.97 Å². The van der Waals surface area contributed by atoms with Crippen LogP contribution in [0.3, 0.4) is 0 Å². The maximum absolute atomic E-state index is 5.63. The third kappa shape index (κ3) is 2.77. The van der Waals surface area contributed by atoms with Crippen molar-refractivity contribution < 1.29 is 4.74 Å². The van der Waals surface area contributed by atoms with Crippen LogP contribution >= 0.6 is 0 Å². The van der Waals surface area contributed by atoms with Crippen LogP contribution in [-0.2, 0) is 6.61 Å². The summed E-state index contributed by atoms with van der Waals surface area (Å²) in [6.45, 7) is 4.35. The van der Waals surface area contributed by atoms with Crippen LogP contribution in [0.15, 0.2) is 30.3 Å². The Kier molecular flexibility index (Phi) is 3.77. The van der Waals surface area contributed by atoms with Crippen molar-refractivity contribution >= 4 is 5.82 Å². The molecule has 4 heteroatoms. The van der Waals surface area contributed by atoms with Crippen LogP contribution in [-0.4, -0.2) is 17.0 Å². The fraction of sp³-hybridized carbons (Fsp3) is 0.286. The number of hydrogen-bond donors (Lipinski definition) is 1. The van der Waals surface area contributed by atoms with Crippen LogP contribution in [0.1, 0.15) is 17.1 Å². The highest BCUT2D eigenvalue weighted by molar-refractivity contribution is 5.44. The molecule has 0 atom stereocenters. The third-order valence-corrected chi connectivity index (χ3v) is 2.78. The van der Waals surface area contributed by atoms with Crippen molar-refractivity contribution in [2.45, 2.75) is 20.5 Å². The zero-order chi connectivity index (χ0) is 13.0. The molecule has 0 aliphatic rings. The number of aromatic nitrogens is 2. The van der Waals surface area contributed by atoms with Gasteiger partial charge in [-0.1, -0.05) is 18.2 Å². The Bertz CT molecular complexity index is 526. The molecule has 0 bridgehead atoms. The van der Waals surface area contributed by atoms with Crippen LogP contribution in [0, 0.1) is 13.8 Å². The van der Waals surface area contributed by atoms with Crippen molar-refractivity contribution in [2.75, 3.05) is 12.4 Å².